The lowest BCUT2D eigenvalue weighted by molar-refractivity contribution is -0.122. The number of ketones is 1. The zero-order chi connectivity index (χ0) is 13.4. The Morgan fingerprint density at radius 2 is 2.06 bits per heavy atom. The topological polar surface area (TPSA) is 46.5 Å². The monoisotopic (exact) mass is 248 g/mol. The second-order valence-electron chi connectivity index (χ2n) is 4.26. The van der Waals surface area contributed by atoms with E-state index in [-0.39, 0.29) is 12.4 Å². The third-order valence-corrected chi connectivity index (χ3v) is 2.76. The van der Waals surface area contributed by atoms with Crippen LogP contribution in [0, 0.1) is 5.92 Å². The molecule has 1 aromatic rings. The summed E-state index contributed by atoms with van der Waals surface area (Å²) in [6, 6.07) is 9.73. The summed E-state index contributed by atoms with van der Waals surface area (Å²) in [5.74, 6) is -0.509. The number of aliphatic hydroxyl groups is 1. The van der Waals surface area contributed by atoms with Gasteiger partial charge in [0.15, 0.2) is 5.78 Å². The summed E-state index contributed by atoms with van der Waals surface area (Å²) in [7, 11) is 0. The highest BCUT2D eigenvalue weighted by molar-refractivity contribution is 5.91. The number of ether oxygens (including phenoxy) is 1. The van der Waals surface area contributed by atoms with Gasteiger partial charge in [0.2, 0.25) is 0 Å². The molecule has 0 fully saturated rings. The molecule has 0 radical (unpaired) electrons. The fraction of sp³-hybridized carbons (Fsp3) is 0.400. The molecule has 2 atom stereocenters. The Kier molecular flexibility index (Phi) is 6.33. The van der Waals surface area contributed by atoms with Crippen LogP contribution in [0.1, 0.15) is 19.4 Å². The SMILES string of the molecule is C/C=C/C(=O)[C@H](C)[C@@H](O)COCc1ccccc1. The Labute approximate surface area is 108 Å². The Morgan fingerprint density at radius 3 is 2.67 bits per heavy atom. The van der Waals surface area contributed by atoms with E-state index in [1.807, 2.05) is 30.3 Å². The molecule has 0 heterocycles. The van der Waals surface area contributed by atoms with Crippen molar-refractivity contribution in [2.45, 2.75) is 26.6 Å². The highest BCUT2D eigenvalue weighted by atomic mass is 16.5. The Hall–Kier alpha value is -1.45. The molecule has 3 nitrogen and oxygen atoms in total. The van der Waals surface area contributed by atoms with Crippen LogP contribution >= 0.6 is 0 Å². The molecule has 98 valence electrons. The van der Waals surface area contributed by atoms with E-state index in [9.17, 15) is 9.90 Å². The average molecular weight is 248 g/mol. The summed E-state index contributed by atoms with van der Waals surface area (Å²) in [6.45, 7) is 4.10. The molecule has 0 aliphatic rings. The second-order valence-corrected chi connectivity index (χ2v) is 4.26. The molecule has 0 saturated heterocycles. The third kappa shape index (κ3) is 4.82. The Morgan fingerprint density at radius 1 is 1.39 bits per heavy atom. The molecule has 0 bridgehead atoms. The van der Waals surface area contributed by atoms with Gasteiger partial charge >= 0.3 is 0 Å². The van der Waals surface area contributed by atoms with E-state index in [2.05, 4.69) is 0 Å². The molecular formula is C15H20O3. The zero-order valence-corrected chi connectivity index (χ0v) is 10.9. The number of carbonyl (C=O) groups excluding carboxylic acids is 1. The van der Waals surface area contributed by atoms with E-state index >= 15 is 0 Å². The van der Waals surface area contributed by atoms with Crippen molar-refractivity contribution in [2.75, 3.05) is 6.61 Å². The molecule has 3 heteroatoms. The van der Waals surface area contributed by atoms with E-state index in [0.29, 0.717) is 6.61 Å². The van der Waals surface area contributed by atoms with E-state index < -0.39 is 12.0 Å². The van der Waals surface area contributed by atoms with Gasteiger partial charge in [0.25, 0.3) is 0 Å². The van der Waals surface area contributed by atoms with Crippen molar-refractivity contribution in [1.82, 2.24) is 0 Å². The van der Waals surface area contributed by atoms with Gasteiger partial charge in [-0.2, -0.15) is 0 Å². The molecule has 0 aliphatic heterocycles. The van der Waals surface area contributed by atoms with Crippen LogP contribution in [0.5, 0.6) is 0 Å². The molecule has 0 amide bonds. The van der Waals surface area contributed by atoms with Gasteiger partial charge in [-0.1, -0.05) is 43.3 Å². The zero-order valence-electron chi connectivity index (χ0n) is 10.9. The highest BCUT2D eigenvalue weighted by Gasteiger charge is 2.19. The smallest absolute Gasteiger partial charge is 0.160 e. The van der Waals surface area contributed by atoms with Gasteiger partial charge in [0.1, 0.15) is 0 Å². The number of carbonyl (C=O) groups is 1. The van der Waals surface area contributed by atoms with Crippen LogP contribution in [-0.2, 0) is 16.1 Å². The predicted octanol–water partition coefficient (Wildman–Crippen LogP) is 2.35. The minimum atomic E-state index is -0.766. The predicted molar refractivity (Wildman–Crippen MR) is 71.1 cm³/mol. The minimum Gasteiger partial charge on any atom is -0.390 e. The van der Waals surface area contributed by atoms with Crippen molar-refractivity contribution in [3.05, 3.63) is 48.0 Å². The standard InChI is InChI=1S/C15H20O3/c1-3-7-14(16)12(2)15(17)11-18-10-13-8-5-4-6-9-13/h3-9,12,15,17H,10-11H2,1-2H3/b7-3+/t12-,15-/m0/s1. The number of hydrogen-bond acceptors (Lipinski definition) is 3. The molecule has 0 spiro atoms. The Bertz CT molecular complexity index is 384. The fourth-order valence-corrected chi connectivity index (χ4v) is 1.52. The van der Waals surface area contributed by atoms with Crippen molar-refractivity contribution >= 4 is 5.78 Å². The van der Waals surface area contributed by atoms with Crippen LogP contribution in [0.3, 0.4) is 0 Å². The first kappa shape index (κ1) is 14.6. The van der Waals surface area contributed by atoms with Crippen molar-refractivity contribution in [1.29, 1.82) is 0 Å². The lowest BCUT2D eigenvalue weighted by Crippen LogP contribution is -2.28. The molecule has 18 heavy (non-hydrogen) atoms. The summed E-state index contributed by atoms with van der Waals surface area (Å²) >= 11 is 0. The number of hydrogen-bond donors (Lipinski definition) is 1. The fourth-order valence-electron chi connectivity index (χ4n) is 1.52. The van der Waals surface area contributed by atoms with Gasteiger partial charge in [-0.25, -0.2) is 0 Å². The van der Waals surface area contributed by atoms with Gasteiger partial charge in [0, 0.05) is 5.92 Å². The lowest BCUT2D eigenvalue weighted by Gasteiger charge is -2.16. The number of rotatable bonds is 7. The van der Waals surface area contributed by atoms with Gasteiger partial charge in [-0.3, -0.25) is 4.79 Å². The van der Waals surface area contributed by atoms with Crippen molar-refractivity contribution in [3.8, 4) is 0 Å². The third-order valence-electron chi connectivity index (χ3n) is 2.76. The molecule has 0 aliphatic carbocycles. The van der Waals surface area contributed by atoms with Crippen molar-refractivity contribution < 1.29 is 14.6 Å². The van der Waals surface area contributed by atoms with Crippen LogP contribution in [-0.4, -0.2) is 23.6 Å². The second kappa shape index (κ2) is 7.80. The van der Waals surface area contributed by atoms with Gasteiger partial charge < -0.3 is 9.84 Å². The maximum absolute atomic E-state index is 11.5. The summed E-state index contributed by atoms with van der Waals surface area (Å²) in [5.41, 5.74) is 1.05. The number of allylic oxidation sites excluding steroid dienone is 2. The maximum Gasteiger partial charge on any atom is 0.160 e. The summed E-state index contributed by atoms with van der Waals surface area (Å²) in [4.78, 5) is 11.5. The van der Waals surface area contributed by atoms with Gasteiger partial charge in [0.05, 0.1) is 19.3 Å². The quantitative estimate of drug-likeness (QED) is 0.753. The summed E-state index contributed by atoms with van der Waals surface area (Å²) < 4.78 is 5.40. The number of aliphatic hydroxyl groups excluding tert-OH is 1. The molecule has 1 rings (SSSR count). The van der Waals surface area contributed by atoms with Crippen LogP contribution in [0.4, 0.5) is 0 Å². The van der Waals surface area contributed by atoms with E-state index in [1.54, 1.807) is 19.9 Å². The van der Waals surface area contributed by atoms with Crippen LogP contribution in [0.2, 0.25) is 0 Å². The van der Waals surface area contributed by atoms with Crippen LogP contribution < -0.4 is 0 Å². The van der Waals surface area contributed by atoms with E-state index in [4.69, 9.17) is 4.74 Å². The van der Waals surface area contributed by atoms with Crippen molar-refractivity contribution in [2.24, 2.45) is 5.92 Å². The molecule has 1 N–H and O–H groups in total. The summed E-state index contributed by atoms with van der Waals surface area (Å²) in [6.07, 6.45) is 2.39. The van der Waals surface area contributed by atoms with Gasteiger partial charge in [-0.15, -0.1) is 0 Å². The van der Waals surface area contributed by atoms with E-state index in [1.165, 1.54) is 6.08 Å². The normalized spacial score (nSPS) is 14.6. The maximum atomic E-state index is 11.5. The molecule has 0 aromatic heterocycles. The molecular weight excluding hydrogens is 228 g/mol. The first-order chi connectivity index (χ1) is 8.65. The first-order valence-electron chi connectivity index (χ1n) is 6.11. The molecule has 1 aromatic carbocycles. The molecule has 0 saturated carbocycles. The van der Waals surface area contributed by atoms with Gasteiger partial charge in [-0.05, 0) is 18.6 Å². The Balaban J connectivity index is 2.33. The lowest BCUT2D eigenvalue weighted by atomic mass is 10.00. The molecule has 0 unspecified atom stereocenters. The largest absolute Gasteiger partial charge is 0.390 e. The van der Waals surface area contributed by atoms with E-state index in [0.717, 1.165) is 5.56 Å². The van der Waals surface area contributed by atoms with Crippen LogP contribution in [0.25, 0.3) is 0 Å². The minimum absolute atomic E-state index is 0.0756. The van der Waals surface area contributed by atoms with Crippen molar-refractivity contribution in [3.63, 3.8) is 0 Å². The highest BCUT2D eigenvalue weighted by Crippen LogP contribution is 2.08. The van der Waals surface area contributed by atoms with Crippen LogP contribution in [0.15, 0.2) is 42.5 Å². The summed E-state index contributed by atoms with van der Waals surface area (Å²) in [5, 5.41) is 9.81. The number of benzene rings is 1. The average Bonchev–Trinajstić information content (AvgIpc) is 2.39. The first-order valence-corrected chi connectivity index (χ1v) is 6.11.